The van der Waals surface area contributed by atoms with Gasteiger partial charge in [-0.05, 0) is 63.9 Å². The van der Waals surface area contributed by atoms with E-state index in [0.29, 0.717) is 19.6 Å². The highest BCUT2D eigenvalue weighted by atomic mass is 19.1. The summed E-state index contributed by atoms with van der Waals surface area (Å²) in [4.78, 5) is 2.31. The molecule has 4 rings (SSSR count). The van der Waals surface area contributed by atoms with Gasteiger partial charge in [-0.15, -0.1) is 5.10 Å². The highest BCUT2D eigenvalue weighted by Gasteiger charge is 2.30. The third-order valence-electron chi connectivity index (χ3n) is 5.55. The van der Waals surface area contributed by atoms with Crippen molar-refractivity contribution in [3.63, 3.8) is 0 Å². The van der Waals surface area contributed by atoms with Gasteiger partial charge in [-0.25, -0.2) is 9.07 Å². The SMILES string of the molecule is COc1cccc(CN(Cc2ccco2)C(c2nnnn2Cc2ccc(F)cc2)C(C)C)c1. The van der Waals surface area contributed by atoms with Crippen molar-refractivity contribution in [2.24, 2.45) is 5.92 Å². The van der Waals surface area contributed by atoms with Crippen molar-refractivity contribution in [1.29, 1.82) is 0 Å². The largest absolute Gasteiger partial charge is 0.497 e. The molecule has 0 amide bonds. The van der Waals surface area contributed by atoms with Crippen molar-refractivity contribution in [2.75, 3.05) is 7.11 Å². The summed E-state index contributed by atoms with van der Waals surface area (Å²) in [6.07, 6.45) is 1.68. The molecule has 0 spiro atoms. The van der Waals surface area contributed by atoms with Crippen LogP contribution in [-0.2, 0) is 19.6 Å². The maximum Gasteiger partial charge on any atom is 0.169 e. The Bertz CT molecular complexity index is 1140. The average molecular weight is 450 g/mol. The summed E-state index contributed by atoms with van der Waals surface area (Å²) in [6.45, 7) is 6.02. The fraction of sp³-hybridized carbons (Fsp3) is 0.320. The summed E-state index contributed by atoms with van der Waals surface area (Å²) in [5.41, 5.74) is 2.04. The van der Waals surface area contributed by atoms with E-state index in [9.17, 15) is 4.39 Å². The van der Waals surface area contributed by atoms with Crippen LogP contribution in [0.1, 0.15) is 42.6 Å². The molecule has 8 heteroatoms. The van der Waals surface area contributed by atoms with Crippen LogP contribution in [-0.4, -0.2) is 32.2 Å². The summed E-state index contributed by atoms with van der Waals surface area (Å²) < 4.78 is 26.2. The number of ether oxygens (including phenoxy) is 1. The topological polar surface area (TPSA) is 69.2 Å². The third-order valence-corrected chi connectivity index (χ3v) is 5.55. The van der Waals surface area contributed by atoms with E-state index in [0.717, 1.165) is 28.5 Å². The van der Waals surface area contributed by atoms with Crippen molar-refractivity contribution in [1.82, 2.24) is 25.1 Å². The van der Waals surface area contributed by atoms with Gasteiger partial charge >= 0.3 is 0 Å². The van der Waals surface area contributed by atoms with Gasteiger partial charge in [0.25, 0.3) is 0 Å². The van der Waals surface area contributed by atoms with E-state index in [1.807, 2.05) is 30.3 Å². The standard InChI is InChI=1S/C25H28FN5O2/c1-18(2)24(25-27-28-29-31(25)16-19-9-11-21(26)12-10-19)30(17-23-8-5-13-33-23)15-20-6-4-7-22(14-20)32-3/h4-14,18,24H,15-17H2,1-3H3. The second-order valence-corrected chi connectivity index (χ2v) is 8.35. The second kappa shape index (κ2) is 10.4. The van der Waals surface area contributed by atoms with E-state index in [4.69, 9.17) is 9.15 Å². The zero-order chi connectivity index (χ0) is 23.2. The number of rotatable bonds is 10. The molecule has 0 bridgehead atoms. The molecule has 0 radical (unpaired) electrons. The van der Waals surface area contributed by atoms with Gasteiger partial charge in [-0.2, -0.15) is 0 Å². The number of aromatic nitrogens is 4. The number of tetrazole rings is 1. The molecule has 0 saturated heterocycles. The van der Waals surface area contributed by atoms with Gasteiger partial charge in [0, 0.05) is 6.54 Å². The van der Waals surface area contributed by atoms with Crippen molar-refractivity contribution in [3.05, 3.63) is 95.5 Å². The van der Waals surface area contributed by atoms with Crippen molar-refractivity contribution in [2.45, 2.75) is 39.5 Å². The Kier molecular flexibility index (Phi) is 7.14. The summed E-state index contributed by atoms with van der Waals surface area (Å²) in [5.74, 6) is 2.37. The molecule has 2 aromatic heterocycles. The fourth-order valence-corrected chi connectivity index (χ4v) is 4.04. The summed E-state index contributed by atoms with van der Waals surface area (Å²) in [5, 5.41) is 12.6. The Morgan fingerprint density at radius 3 is 2.55 bits per heavy atom. The van der Waals surface area contributed by atoms with Gasteiger partial charge in [0.1, 0.15) is 17.3 Å². The molecule has 0 N–H and O–H groups in total. The first-order valence-corrected chi connectivity index (χ1v) is 10.9. The molecular weight excluding hydrogens is 421 g/mol. The van der Waals surface area contributed by atoms with E-state index in [1.54, 1.807) is 30.2 Å². The first kappa shape index (κ1) is 22.7. The van der Waals surface area contributed by atoms with Crippen molar-refractivity contribution < 1.29 is 13.5 Å². The lowest BCUT2D eigenvalue weighted by molar-refractivity contribution is 0.117. The molecule has 0 fully saturated rings. The first-order chi connectivity index (χ1) is 16.0. The molecule has 2 aromatic carbocycles. The van der Waals surface area contributed by atoms with Crippen molar-refractivity contribution >= 4 is 0 Å². The molecule has 0 saturated carbocycles. The molecule has 0 aliphatic heterocycles. The molecule has 4 aromatic rings. The van der Waals surface area contributed by atoms with E-state index < -0.39 is 0 Å². The molecule has 0 aliphatic rings. The Morgan fingerprint density at radius 2 is 1.85 bits per heavy atom. The number of furan rings is 1. The zero-order valence-corrected chi connectivity index (χ0v) is 19.1. The summed E-state index contributed by atoms with van der Waals surface area (Å²) >= 11 is 0. The van der Waals surface area contributed by atoms with E-state index in [1.165, 1.54) is 12.1 Å². The number of hydrogen-bond acceptors (Lipinski definition) is 6. The molecule has 0 aliphatic carbocycles. The Morgan fingerprint density at radius 1 is 1.03 bits per heavy atom. The van der Waals surface area contributed by atoms with Crippen molar-refractivity contribution in [3.8, 4) is 5.75 Å². The van der Waals surface area contributed by atoms with Crippen LogP contribution in [0.4, 0.5) is 4.39 Å². The van der Waals surface area contributed by atoms with Gasteiger partial charge in [-0.3, -0.25) is 4.90 Å². The molecule has 7 nitrogen and oxygen atoms in total. The number of benzene rings is 2. The van der Waals surface area contributed by atoms with Gasteiger partial charge in [-0.1, -0.05) is 38.1 Å². The average Bonchev–Trinajstić information content (AvgIpc) is 3.48. The van der Waals surface area contributed by atoms with Crippen LogP contribution < -0.4 is 4.74 Å². The fourth-order valence-electron chi connectivity index (χ4n) is 4.04. The van der Waals surface area contributed by atoms with Gasteiger partial charge in [0.15, 0.2) is 5.82 Å². The molecule has 1 atom stereocenters. The summed E-state index contributed by atoms with van der Waals surface area (Å²) in [7, 11) is 1.67. The quantitative estimate of drug-likeness (QED) is 0.344. The zero-order valence-electron chi connectivity index (χ0n) is 19.1. The highest BCUT2D eigenvalue weighted by Crippen LogP contribution is 2.31. The van der Waals surface area contributed by atoms with Crippen LogP contribution >= 0.6 is 0 Å². The molecule has 1 unspecified atom stereocenters. The van der Waals surface area contributed by atoms with Gasteiger partial charge < -0.3 is 9.15 Å². The molecule has 2 heterocycles. The smallest absolute Gasteiger partial charge is 0.169 e. The lowest BCUT2D eigenvalue weighted by Crippen LogP contribution is -2.33. The minimum Gasteiger partial charge on any atom is -0.497 e. The van der Waals surface area contributed by atoms with Crippen LogP contribution in [0.3, 0.4) is 0 Å². The number of nitrogens with zero attached hydrogens (tertiary/aromatic N) is 5. The van der Waals surface area contributed by atoms with Crippen LogP contribution in [0.5, 0.6) is 5.75 Å². The highest BCUT2D eigenvalue weighted by molar-refractivity contribution is 5.28. The Labute approximate surface area is 192 Å². The van der Waals surface area contributed by atoms with E-state index in [-0.39, 0.29) is 17.8 Å². The first-order valence-electron chi connectivity index (χ1n) is 10.9. The predicted octanol–water partition coefficient (Wildman–Crippen LogP) is 4.86. The molecular formula is C25H28FN5O2. The van der Waals surface area contributed by atoms with Crippen LogP contribution in [0.25, 0.3) is 0 Å². The van der Waals surface area contributed by atoms with Crippen LogP contribution in [0.15, 0.2) is 71.3 Å². The number of halogens is 1. The third kappa shape index (κ3) is 5.64. The van der Waals surface area contributed by atoms with Crippen LogP contribution in [0, 0.1) is 11.7 Å². The molecule has 172 valence electrons. The maximum atomic E-state index is 13.4. The minimum atomic E-state index is -0.265. The second-order valence-electron chi connectivity index (χ2n) is 8.35. The normalized spacial score (nSPS) is 12.4. The van der Waals surface area contributed by atoms with E-state index in [2.05, 4.69) is 40.3 Å². The minimum absolute atomic E-state index is 0.0863. The predicted molar refractivity (Wildman–Crippen MR) is 122 cm³/mol. The Hall–Kier alpha value is -3.52. The maximum absolute atomic E-state index is 13.4. The lowest BCUT2D eigenvalue weighted by atomic mass is 10.00. The number of hydrogen-bond donors (Lipinski definition) is 0. The monoisotopic (exact) mass is 449 g/mol. The van der Waals surface area contributed by atoms with Gasteiger partial charge in [0.2, 0.25) is 0 Å². The van der Waals surface area contributed by atoms with E-state index >= 15 is 0 Å². The van der Waals surface area contributed by atoms with Gasteiger partial charge in [0.05, 0.1) is 32.5 Å². The lowest BCUT2D eigenvalue weighted by Gasteiger charge is -2.33. The number of methoxy groups -OCH3 is 1. The van der Waals surface area contributed by atoms with Crippen LogP contribution in [0.2, 0.25) is 0 Å². The summed E-state index contributed by atoms with van der Waals surface area (Å²) in [6, 6.07) is 18.2. The molecule has 33 heavy (non-hydrogen) atoms. The Balaban J connectivity index is 1.67.